The Labute approximate surface area is 95.4 Å². The lowest BCUT2D eigenvalue weighted by molar-refractivity contribution is 0.123. The number of hydrogen-bond donors (Lipinski definition) is 1. The molecule has 0 spiro atoms. The van der Waals surface area contributed by atoms with Crippen LogP contribution in [0.15, 0.2) is 0 Å². The third kappa shape index (κ3) is 4.52. The average molecular weight is 212 g/mol. The van der Waals surface area contributed by atoms with Crippen molar-refractivity contribution in [3.05, 3.63) is 0 Å². The fraction of sp³-hybridized carbons (Fsp3) is 1.00. The summed E-state index contributed by atoms with van der Waals surface area (Å²) >= 11 is 0. The number of nitrogens with one attached hydrogen (secondary N) is 1. The molecule has 0 aromatic rings. The minimum absolute atomic E-state index is 0.465. The highest BCUT2D eigenvalue weighted by Gasteiger charge is 2.24. The van der Waals surface area contributed by atoms with Crippen molar-refractivity contribution in [1.82, 2.24) is 10.2 Å². The van der Waals surface area contributed by atoms with E-state index in [1.54, 1.807) is 0 Å². The second-order valence-electron chi connectivity index (χ2n) is 6.17. The Balaban J connectivity index is 2.38. The van der Waals surface area contributed by atoms with Gasteiger partial charge in [0.25, 0.3) is 0 Å². The summed E-state index contributed by atoms with van der Waals surface area (Å²) in [6.07, 6.45) is 2.55. The lowest BCUT2D eigenvalue weighted by Gasteiger charge is -2.39. The Morgan fingerprint density at radius 1 is 1.33 bits per heavy atom. The first kappa shape index (κ1) is 13.0. The van der Waals surface area contributed by atoms with Crippen LogP contribution < -0.4 is 5.32 Å². The van der Waals surface area contributed by atoms with Gasteiger partial charge in [-0.2, -0.15) is 0 Å². The predicted molar refractivity (Wildman–Crippen MR) is 67.2 cm³/mol. The molecule has 0 radical (unpaired) electrons. The van der Waals surface area contributed by atoms with Crippen LogP contribution in [0.2, 0.25) is 0 Å². The number of piperazine rings is 1. The highest BCUT2D eigenvalue weighted by atomic mass is 15.2. The quantitative estimate of drug-likeness (QED) is 0.773. The molecule has 0 aromatic heterocycles. The summed E-state index contributed by atoms with van der Waals surface area (Å²) in [6, 6.07) is 1.41. The Morgan fingerprint density at radius 2 is 2.00 bits per heavy atom. The van der Waals surface area contributed by atoms with Gasteiger partial charge in [-0.15, -0.1) is 0 Å². The van der Waals surface area contributed by atoms with Crippen LogP contribution >= 0.6 is 0 Å². The highest BCUT2D eigenvalue weighted by Crippen LogP contribution is 2.20. The largest absolute Gasteiger partial charge is 0.311 e. The Hall–Kier alpha value is -0.0800. The first-order valence-corrected chi connectivity index (χ1v) is 6.40. The molecule has 1 aliphatic rings. The predicted octanol–water partition coefficient (Wildman–Crippen LogP) is 2.49. The fourth-order valence-corrected chi connectivity index (χ4v) is 2.06. The van der Waals surface area contributed by atoms with Gasteiger partial charge >= 0.3 is 0 Å². The fourth-order valence-electron chi connectivity index (χ4n) is 2.06. The second kappa shape index (κ2) is 5.31. The van der Waals surface area contributed by atoms with Gasteiger partial charge in [0.15, 0.2) is 0 Å². The van der Waals surface area contributed by atoms with Gasteiger partial charge < -0.3 is 5.32 Å². The Morgan fingerprint density at radius 3 is 2.53 bits per heavy atom. The van der Waals surface area contributed by atoms with Crippen molar-refractivity contribution in [3.63, 3.8) is 0 Å². The Bertz CT molecular complexity index is 183. The Kier molecular flexibility index (Phi) is 4.60. The van der Waals surface area contributed by atoms with E-state index >= 15 is 0 Å². The van der Waals surface area contributed by atoms with Crippen LogP contribution in [-0.4, -0.2) is 36.6 Å². The number of nitrogens with zero attached hydrogens (tertiary/aromatic N) is 1. The van der Waals surface area contributed by atoms with Crippen molar-refractivity contribution in [3.8, 4) is 0 Å². The molecule has 0 aromatic carbocycles. The van der Waals surface area contributed by atoms with E-state index in [1.165, 1.54) is 25.9 Å². The molecule has 1 N–H and O–H groups in total. The van der Waals surface area contributed by atoms with Gasteiger partial charge in [0.2, 0.25) is 0 Å². The SMILES string of the molecule is CCC1CN(CCC(C)(C)C)C(C)CN1. The molecule has 90 valence electrons. The van der Waals surface area contributed by atoms with Crippen LogP contribution in [0.25, 0.3) is 0 Å². The molecule has 1 fully saturated rings. The average Bonchev–Trinajstić information content (AvgIpc) is 2.15. The van der Waals surface area contributed by atoms with Crippen molar-refractivity contribution in [2.75, 3.05) is 19.6 Å². The van der Waals surface area contributed by atoms with E-state index in [0.717, 1.165) is 6.54 Å². The molecule has 0 aliphatic carbocycles. The van der Waals surface area contributed by atoms with E-state index in [2.05, 4.69) is 44.8 Å². The maximum absolute atomic E-state index is 3.60. The summed E-state index contributed by atoms with van der Waals surface area (Å²) in [5.41, 5.74) is 0.465. The zero-order valence-corrected chi connectivity index (χ0v) is 11.1. The third-order valence-electron chi connectivity index (χ3n) is 3.42. The molecule has 1 saturated heterocycles. The summed E-state index contributed by atoms with van der Waals surface area (Å²) in [6.45, 7) is 15.2. The molecule has 0 amide bonds. The van der Waals surface area contributed by atoms with Gasteiger partial charge in [-0.05, 0) is 31.7 Å². The van der Waals surface area contributed by atoms with Crippen molar-refractivity contribution >= 4 is 0 Å². The van der Waals surface area contributed by atoms with Crippen molar-refractivity contribution in [1.29, 1.82) is 0 Å². The summed E-state index contributed by atoms with van der Waals surface area (Å²) in [5.74, 6) is 0. The van der Waals surface area contributed by atoms with E-state index in [-0.39, 0.29) is 0 Å². The van der Waals surface area contributed by atoms with Crippen LogP contribution in [0, 0.1) is 5.41 Å². The minimum Gasteiger partial charge on any atom is -0.311 e. The second-order valence-corrected chi connectivity index (χ2v) is 6.17. The molecule has 2 nitrogen and oxygen atoms in total. The smallest absolute Gasteiger partial charge is 0.0193 e. The van der Waals surface area contributed by atoms with Crippen LogP contribution in [0.5, 0.6) is 0 Å². The van der Waals surface area contributed by atoms with E-state index < -0.39 is 0 Å². The van der Waals surface area contributed by atoms with E-state index in [0.29, 0.717) is 17.5 Å². The molecule has 15 heavy (non-hydrogen) atoms. The molecular weight excluding hydrogens is 184 g/mol. The first-order valence-electron chi connectivity index (χ1n) is 6.40. The first-order chi connectivity index (χ1) is 6.92. The number of hydrogen-bond acceptors (Lipinski definition) is 2. The molecule has 1 aliphatic heterocycles. The van der Waals surface area contributed by atoms with Crippen molar-refractivity contribution < 1.29 is 0 Å². The lowest BCUT2D eigenvalue weighted by Crippen LogP contribution is -2.55. The normalized spacial score (nSPS) is 29.4. The van der Waals surface area contributed by atoms with E-state index in [1.807, 2.05) is 0 Å². The van der Waals surface area contributed by atoms with E-state index in [9.17, 15) is 0 Å². The maximum Gasteiger partial charge on any atom is 0.0193 e. The lowest BCUT2D eigenvalue weighted by atomic mass is 9.91. The van der Waals surface area contributed by atoms with Crippen LogP contribution in [0.4, 0.5) is 0 Å². The summed E-state index contributed by atoms with van der Waals surface area (Å²) < 4.78 is 0. The zero-order valence-electron chi connectivity index (χ0n) is 11.1. The molecule has 0 bridgehead atoms. The van der Waals surface area contributed by atoms with Gasteiger partial charge in [-0.25, -0.2) is 0 Å². The molecule has 2 unspecified atom stereocenters. The van der Waals surface area contributed by atoms with Gasteiger partial charge in [0.05, 0.1) is 0 Å². The van der Waals surface area contributed by atoms with Gasteiger partial charge in [0.1, 0.15) is 0 Å². The van der Waals surface area contributed by atoms with Gasteiger partial charge in [0, 0.05) is 25.2 Å². The summed E-state index contributed by atoms with van der Waals surface area (Å²) in [5, 5.41) is 3.60. The minimum atomic E-state index is 0.465. The van der Waals surface area contributed by atoms with Gasteiger partial charge in [-0.3, -0.25) is 4.90 Å². The zero-order chi connectivity index (χ0) is 11.5. The molecule has 1 rings (SSSR count). The molecule has 2 heteroatoms. The molecule has 0 saturated carbocycles. The summed E-state index contributed by atoms with van der Waals surface area (Å²) in [4.78, 5) is 2.65. The van der Waals surface area contributed by atoms with E-state index in [4.69, 9.17) is 0 Å². The molecular formula is C13H28N2. The molecule has 1 heterocycles. The molecule has 2 atom stereocenters. The highest BCUT2D eigenvalue weighted by molar-refractivity contribution is 4.83. The maximum atomic E-state index is 3.60. The van der Waals surface area contributed by atoms with Crippen LogP contribution in [0.3, 0.4) is 0 Å². The van der Waals surface area contributed by atoms with Gasteiger partial charge in [-0.1, -0.05) is 27.7 Å². The summed E-state index contributed by atoms with van der Waals surface area (Å²) in [7, 11) is 0. The topological polar surface area (TPSA) is 15.3 Å². The monoisotopic (exact) mass is 212 g/mol. The van der Waals surface area contributed by atoms with Crippen molar-refractivity contribution in [2.45, 2.75) is 59.5 Å². The van der Waals surface area contributed by atoms with Crippen molar-refractivity contribution in [2.24, 2.45) is 5.41 Å². The standard InChI is InChI=1S/C13H28N2/c1-6-12-10-15(11(2)9-14-12)8-7-13(3,4)5/h11-12,14H,6-10H2,1-5H3. The van der Waals surface area contributed by atoms with Crippen LogP contribution in [0.1, 0.15) is 47.5 Å². The number of rotatable bonds is 3. The third-order valence-corrected chi connectivity index (χ3v) is 3.42. The van der Waals surface area contributed by atoms with Crippen LogP contribution in [-0.2, 0) is 0 Å².